The van der Waals surface area contributed by atoms with Crippen molar-refractivity contribution in [3.05, 3.63) is 48.7 Å². The lowest BCUT2D eigenvalue weighted by molar-refractivity contribution is 0.405. The van der Waals surface area contributed by atoms with E-state index >= 15 is 0 Å². The molecule has 0 unspecified atom stereocenters. The number of anilines is 1. The number of halogens is 1. The highest BCUT2D eigenvalue weighted by molar-refractivity contribution is 5.76. The first kappa shape index (κ1) is 17.0. The van der Waals surface area contributed by atoms with Crippen LogP contribution in [0.15, 0.2) is 42.9 Å². The number of rotatable bonds is 7. The van der Waals surface area contributed by atoms with Crippen molar-refractivity contribution in [2.45, 2.75) is 6.42 Å². The molecule has 0 aliphatic rings. The molecule has 1 aromatic carbocycles. The molecule has 2 heterocycles. The van der Waals surface area contributed by atoms with Gasteiger partial charge >= 0.3 is 0 Å². The fourth-order valence-corrected chi connectivity index (χ4v) is 2.49. The van der Waals surface area contributed by atoms with Gasteiger partial charge in [-0.2, -0.15) is 0 Å². The van der Waals surface area contributed by atoms with Gasteiger partial charge in [0.05, 0.1) is 23.4 Å². The molecule has 130 valence electrons. The molecule has 0 fully saturated rings. The van der Waals surface area contributed by atoms with Crippen molar-refractivity contribution in [2.75, 3.05) is 32.5 Å². The van der Waals surface area contributed by atoms with E-state index in [2.05, 4.69) is 30.2 Å². The minimum Gasteiger partial charge on any atom is -0.354 e. The van der Waals surface area contributed by atoms with Crippen LogP contribution in [0.1, 0.15) is 6.42 Å². The maximum Gasteiger partial charge on any atom is 0.223 e. The van der Waals surface area contributed by atoms with Crippen LogP contribution in [0.5, 0.6) is 0 Å². The van der Waals surface area contributed by atoms with Gasteiger partial charge in [0.2, 0.25) is 5.95 Å². The third-order valence-electron chi connectivity index (χ3n) is 3.73. The van der Waals surface area contributed by atoms with Gasteiger partial charge in [-0.25, -0.2) is 19.3 Å². The molecule has 2 N–H and O–H groups in total. The zero-order valence-corrected chi connectivity index (χ0v) is 14.3. The lowest BCUT2D eigenvalue weighted by atomic mass is 10.1. The maximum atomic E-state index is 13.1. The van der Waals surface area contributed by atoms with Gasteiger partial charge in [-0.3, -0.25) is 0 Å². The van der Waals surface area contributed by atoms with Crippen LogP contribution in [0, 0.1) is 5.82 Å². The Balaban J connectivity index is 1.78. The molecule has 0 atom stereocenters. The monoisotopic (exact) mass is 340 g/mol. The Bertz CT molecular complexity index is 812. The Labute approximate surface area is 146 Å². The Morgan fingerprint density at radius 2 is 1.92 bits per heavy atom. The van der Waals surface area contributed by atoms with Crippen molar-refractivity contribution in [3.8, 4) is 22.6 Å². The van der Waals surface area contributed by atoms with Gasteiger partial charge in [0, 0.05) is 18.3 Å². The highest BCUT2D eigenvalue weighted by Crippen LogP contribution is 2.28. The molecule has 3 rings (SSSR count). The average molecular weight is 340 g/mol. The molecule has 0 aliphatic carbocycles. The Morgan fingerprint density at radius 1 is 1.12 bits per heavy atom. The molecule has 0 radical (unpaired) electrons. The average Bonchev–Trinajstić information content (AvgIpc) is 3.09. The molecule has 2 aromatic heterocycles. The first-order valence-corrected chi connectivity index (χ1v) is 8.15. The highest BCUT2D eigenvalue weighted by Gasteiger charge is 2.12. The minimum atomic E-state index is -0.271. The summed E-state index contributed by atoms with van der Waals surface area (Å²) in [5.41, 5.74) is 3.08. The summed E-state index contributed by atoms with van der Waals surface area (Å²) < 4.78 is 13.1. The molecule has 3 aromatic rings. The fourth-order valence-electron chi connectivity index (χ4n) is 2.49. The van der Waals surface area contributed by atoms with Crippen LogP contribution in [0.2, 0.25) is 0 Å². The molecule has 7 heteroatoms. The SMILES string of the molecule is CN(C)CCCNc1nccc(-c2[nH]cnc2-c2ccc(F)cc2)n1. The molecule has 0 saturated carbocycles. The number of nitrogens with one attached hydrogen (secondary N) is 2. The Kier molecular flexibility index (Phi) is 5.35. The summed E-state index contributed by atoms with van der Waals surface area (Å²) >= 11 is 0. The Hall–Kier alpha value is -2.80. The molecule has 6 nitrogen and oxygen atoms in total. The van der Waals surface area contributed by atoms with Gasteiger partial charge < -0.3 is 15.2 Å². The van der Waals surface area contributed by atoms with E-state index in [9.17, 15) is 4.39 Å². The summed E-state index contributed by atoms with van der Waals surface area (Å²) in [6.45, 7) is 1.80. The molecular weight excluding hydrogens is 319 g/mol. The summed E-state index contributed by atoms with van der Waals surface area (Å²) in [6.07, 6.45) is 4.33. The van der Waals surface area contributed by atoms with Crippen molar-refractivity contribution >= 4 is 5.95 Å². The molecule has 0 bridgehead atoms. The number of hydrogen-bond donors (Lipinski definition) is 2. The number of imidazole rings is 1. The largest absolute Gasteiger partial charge is 0.354 e. The van der Waals surface area contributed by atoms with Gasteiger partial charge in [0.15, 0.2) is 0 Å². The third kappa shape index (κ3) is 4.39. The van der Waals surface area contributed by atoms with Crippen molar-refractivity contribution in [3.63, 3.8) is 0 Å². The zero-order chi connectivity index (χ0) is 17.6. The quantitative estimate of drug-likeness (QED) is 0.647. The predicted octanol–water partition coefficient (Wildman–Crippen LogP) is 3.04. The van der Waals surface area contributed by atoms with E-state index in [0.717, 1.165) is 42.2 Å². The standard InChI is InChI=1S/C18H21FN6/c1-25(2)11-3-9-20-18-21-10-8-15(24-18)17-16(22-12-23-17)13-4-6-14(19)7-5-13/h4-8,10,12H,3,9,11H2,1-2H3,(H,22,23)(H,20,21,24). The van der Waals surface area contributed by atoms with Crippen LogP contribution >= 0.6 is 0 Å². The second-order valence-corrected chi connectivity index (χ2v) is 5.98. The van der Waals surface area contributed by atoms with Crippen LogP contribution in [0.25, 0.3) is 22.6 Å². The van der Waals surface area contributed by atoms with E-state index in [1.807, 2.05) is 20.2 Å². The molecule has 0 aliphatic heterocycles. The fraction of sp³-hybridized carbons (Fsp3) is 0.278. The number of nitrogens with zero attached hydrogens (tertiary/aromatic N) is 4. The number of H-pyrrole nitrogens is 1. The highest BCUT2D eigenvalue weighted by atomic mass is 19.1. The maximum absolute atomic E-state index is 13.1. The van der Waals surface area contributed by atoms with Gasteiger partial charge in [-0.05, 0) is 57.4 Å². The molecule has 0 spiro atoms. The van der Waals surface area contributed by atoms with Crippen LogP contribution < -0.4 is 5.32 Å². The first-order valence-electron chi connectivity index (χ1n) is 8.15. The van der Waals surface area contributed by atoms with Gasteiger partial charge in [-0.1, -0.05) is 0 Å². The predicted molar refractivity (Wildman–Crippen MR) is 96.7 cm³/mol. The lowest BCUT2D eigenvalue weighted by Gasteiger charge is -2.10. The first-order chi connectivity index (χ1) is 12.1. The normalized spacial score (nSPS) is 11.0. The van der Waals surface area contributed by atoms with Crippen LogP contribution in [-0.2, 0) is 0 Å². The van der Waals surface area contributed by atoms with E-state index in [1.54, 1.807) is 24.7 Å². The number of hydrogen-bond acceptors (Lipinski definition) is 5. The molecular formula is C18H21FN6. The van der Waals surface area contributed by atoms with Crippen LogP contribution in [0.4, 0.5) is 10.3 Å². The zero-order valence-electron chi connectivity index (χ0n) is 14.3. The molecule has 25 heavy (non-hydrogen) atoms. The third-order valence-corrected chi connectivity index (χ3v) is 3.73. The lowest BCUT2D eigenvalue weighted by Crippen LogP contribution is -2.17. The van der Waals surface area contributed by atoms with E-state index in [4.69, 9.17) is 0 Å². The van der Waals surface area contributed by atoms with E-state index < -0.39 is 0 Å². The number of aromatic nitrogens is 4. The molecule has 0 amide bonds. The second kappa shape index (κ2) is 7.85. The summed E-state index contributed by atoms with van der Waals surface area (Å²) in [7, 11) is 4.10. The van der Waals surface area contributed by atoms with Crippen molar-refractivity contribution in [1.82, 2.24) is 24.8 Å². The number of benzene rings is 1. The second-order valence-electron chi connectivity index (χ2n) is 5.98. The van der Waals surface area contributed by atoms with Gasteiger partial charge in [0.1, 0.15) is 5.82 Å². The van der Waals surface area contributed by atoms with Crippen molar-refractivity contribution < 1.29 is 4.39 Å². The van der Waals surface area contributed by atoms with Crippen LogP contribution in [-0.4, -0.2) is 52.0 Å². The minimum absolute atomic E-state index is 0.271. The number of aromatic amines is 1. The van der Waals surface area contributed by atoms with Crippen LogP contribution in [0.3, 0.4) is 0 Å². The summed E-state index contributed by atoms with van der Waals surface area (Å²) in [5.74, 6) is 0.308. The van der Waals surface area contributed by atoms with Gasteiger partial charge in [-0.15, -0.1) is 0 Å². The molecule has 0 saturated heterocycles. The summed E-state index contributed by atoms with van der Waals surface area (Å²) in [4.78, 5) is 18.4. The van der Waals surface area contributed by atoms with E-state index in [-0.39, 0.29) is 5.82 Å². The Morgan fingerprint density at radius 3 is 2.68 bits per heavy atom. The van der Waals surface area contributed by atoms with Gasteiger partial charge in [0.25, 0.3) is 0 Å². The smallest absolute Gasteiger partial charge is 0.223 e. The van der Waals surface area contributed by atoms with Crippen molar-refractivity contribution in [1.29, 1.82) is 0 Å². The summed E-state index contributed by atoms with van der Waals surface area (Å²) in [5, 5.41) is 3.24. The van der Waals surface area contributed by atoms with E-state index in [0.29, 0.717) is 5.95 Å². The van der Waals surface area contributed by atoms with Crippen molar-refractivity contribution in [2.24, 2.45) is 0 Å². The van der Waals surface area contributed by atoms with E-state index in [1.165, 1.54) is 12.1 Å². The topological polar surface area (TPSA) is 69.7 Å². The summed E-state index contributed by atoms with van der Waals surface area (Å²) in [6, 6.07) is 8.08.